The minimum atomic E-state index is -3.73. The molecule has 0 atom stereocenters. The molecule has 0 unspecified atom stereocenters. The van der Waals surface area contributed by atoms with Crippen LogP contribution in [-0.4, -0.2) is 55.4 Å². The molecule has 3 aromatic rings. The topological polar surface area (TPSA) is 95.5 Å². The normalized spacial score (nSPS) is 14.9. The largest absolute Gasteiger partial charge is 0.346 e. The third-order valence-corrected chi connectivity index (χ3v) is 7.05. The van der Waals surface area contributed by atoms with Gasteiger partial charge in [0.15, 0.2) is 5.13 Å². The van der Waals surface area contributed by atoms with Gasteiger partial charge in [-0.2, -0.15) is 0 Å². The molecule has 1 aromatic carbocycles. The van der Waals surface area contributed by atoms with Gasteiger partial charge < -0.3 is 9.80 Å². The Morgan fingerprint density at radius 3 is 2.43 bits per heavy atom. The van der Waals surface area contributed by atoms with E-state index in [1.807, 2.05) is 10.3 Å². The van der Waals surface area contributed by atoms with Crippen molar-refractivity contribution in [3.05, 3.63) is 65.9 Å². The van der Waals surface area contributed by atoms with Gasteiger partial charge >= 0.3 is 0 Å². The summed E-state index contributed by atoms with van der Waals surface area (Å²) in [4.78, 5) is 25.2. The van der Waals surface area contributed by atoms with Crippen molar-refractivity contribution in [3.63, 3.8) is 0 Å². The summed E-state index contributed by atoms with van der Waals surface area (Å²) in [5, 5.41) is 2.92. The molecular formula is C20H21N5O3S2. The summed E-state index contributed by atoms with van der Waals surface area (Å²) in [6.07, 6.45) is 5.66. The quantitative estimate of drug-likeness (QED) is 0.651. The van der Waals surface area contributed by atoms with E-state index in [2.05, 4.69) is 19.6 Å². The van der Waals surface area contributed by atoms with Gasteiger partial charge in [-0.25, -0.2) is 13.4 Å². The SMILES string of the molecule is O=C(c1ccc(S(=O)(=O)Nc2ccncc2)cc1)N1CCCN(c2nccs2)CC1. The number of amides is 1. The van der Waals surface area contributed by atoms with Crippen molar-refractivity contribution in [3.8, 4) is 0 Å². The van der Waals surface area contributed by atoms with Crippen molar-refractivity contribution in [2.24, 2.45) is 0 Å². The highest BCUT2D eigenvalue weighted by molar-refractivity contribution is 7.92. The van der Waals surface area contributed by atoms with E-state index in [4.69, 9.17) is 0 Å². The second-order valence-corrected chi connectivity index (χ2v) is 9.37. The van der Waals surface area contributed by atoms with E-state index >= 15 is 0 Å². The van der Waals surface area contributed by atoms with Crippen LogP contribution in [0.5, 0.6) is 0 Å². The van der Waals surface area contributed by atoms with Gasteiger partial charge in [-0.15, -0.1) is 11.3 Å². The zero-order valence-corrected chi connectivity index (χ0v) is 17.8. The van der Waals surface area contributed by atoms with Gasteiger partial charge in [-0.3, -0.25) is 14.5 Å². The maximum atomic E-state index is 12.9. The Balaban J connectivity index is 1.42. The Morgan fingerprint density at radius 2 is 1.73 bits per heavy atom. The number of sulfonamides is 1. The number of carbonyl (C=O) groups excluding carboxylic acids is 1. The average molecular weight is 444 g/mol. The molecule has 0 radical (unpaired) electrons. The molecule has 156 valence electrons. The number of carbonyl (C=O) groups is 1. The van der Waals surface area contributed by atoms with Crippen molar-refractivity contribution in [1.29, 1.82) is 0 Å². The Bertz CT molecular complexity index is 1090. The molecule has 0 saturated carbocycles. The standard InChI is InChI=1S/C20H21N5O3S2/c26-19(24-11-1-12-25(14-13-24)20-22-10-15-29-20)16-2-4-18(5-3-16)30(27,28)23-17-6-8-21-9-7-17/h2-10,15H,1,11-14H2,(H,21,23). The van der Waals surface area contributed by atoms with Crippen LogP contribution in [0, 0.1) is 0 Å². The first kappa shape index (κ1) is 20.3. The van der Waals surface area contributed by atoms with E-state index in [1.54, 1.807) is 41.8 Å². The molecule has 0 bridgehead atoms. The summed E-state index contributed by atoms with van der Waals surface area (Å²) in [6.45, 7) is 2.84. The summed E-state index contributed by atoms with van der Waals surface area (Å²) in [5.41, 5.74) is 0.903. The molecule has 4 rings (SSSR count). The summed E-state index contributed by atoms with van der Waals surface area (Å²) < 4.78 is 27.6. The number of hydrogen-bond donors (Lipinski definition) is 1. The summed E-state index contributed by atoms with van der Waals surface area (Å²) in [7, 11) is -3.73. The Kier molecular flexibility index (Phi) is 5.96. The van der Waals surface area contributed by atoms with Gasteiger partial charge in [-0.1, -0.05) is 0 Å². The zero-order valence-electron chi connectivity index (χ0n) is 16.1. The molecule has 1 N–H and O–H groups in total. The van der Waals surface area contributed by atoms with Gasteiger partial charge in [0.05, 0.1) is 10.6 Å². The van der Waals surface area contributed by atoms with Crippen molar-refractivity contribution in [1.82, 2.24) is 14.9 Å². The van der Waals surface area contributed by atoms with Gasteiger partial charge in [0.2, 0.25) is 0 Å². The lowest BCUT2D eigenvalue weighted by Crippen LogP contribution is -2.35. The third kappa shape index (κ3) is 4.60. The van der Waals surface area contributed by atoms with Crippen LogP contribution in [0.15, 0.2) is 65.3 Å². The lowest BCUT2D eigenvalue weighted by Gasteiger charge is -2.22. The molecule has 1 saturated heterocycles. The van der Waals surface area contributed by atoms with Crippen LogP contribution in [0.25, 0.3) is 0 Å². The smallest absolute Gasteiger partial charge is 0.261 e. The van der Waals surface area contributed by atoms with Crippen LogP contribution in [-0.2, 0) is 10.0 Å². The highest BCUT2D eigenvalue weighted by Gasteiger charge is 2.22. The summed E-state index contributed by atoms with van der Waals surface area (Å²) in [6, 6.07) is 9.18. The number of thiazole rings is 1. The Hall–Kier alpha value is -2.98. The number of hydrogen-bond acceptors (Lipinski definition) is 7. The first-order valence-electron chi connectivity index (χ1n) is 9.49. The van der Waals surface area contributed by atoms with Crippen LogP contribution in [0.1, 0.15) is 16.8 Å². The Labute approximate surface area is 179 Å². The molecule has 0 aliphatic carbocycles. The number of nitrogens with zero attached hydrogens (tertiary/aromatic N) is 4. The van der Waals surface area contributed by atoms with Crippen LogP contribution in [0.4, 0.5) is 10.8 Å². The average Bonchev–Trinajstić information content (AvgIpc) is 3.18. The molecule has 1 amide bonds. The van der Waals surface area contributed by atoms with Crippen molar-refractivity contribution < 1.29 is 13.2 Å². The van der Waals surface area contributed by atoms with Gasteiger partial charge in [0.25, 0.3) is 15.9 Å². The number of benzene rings is 1. The van der Waals surface area contributed by atoms with Crippen molar-refractivity contribution in [2.75, 3.05) is 35.8 Å². The third-order valence-electron chi connectivity index (χ3n) is 4.82. The van der Waals surface area contributed by atoms with E-state index in [9.17, 15) is 13.2 Å². The van der Waals surface area contributed by atoms with E-state index in [0.717, 1.165) is 24.6 Å². The van der Waals surface area contributed by atoms with Crippen molar-refractivity contribution in [2.45, 2.75) is 11.3 Å². The van der Waals surface area contributed by atoms with Crippen LogP contribution < -0.4 is 9.62 Å². The second-order valence-electron chi connectivity index (χ2n) is 6.81. The molecule has 8 nitrogen and oxygen atoms in total. The fraction of sp³-hybridized carbons (Fsp3) is 0.250. The second kappa shape index (κ2) is 8.80. The molecule has 1 fully saturated rings. The maximum absolute atomic E-state index is 12.9. The maximum Gasteiger partial charge on any atom is 0.261 e. The summed E-state index contributed by atoms with van der Waals surface area (Å²) in [5.74, 6) is -0.0953. The number of rotatable bonds is 5. The molecule has 30 heavy (non-hydrogen) atoms. The predicted molar refractivity (Wildman–Crippen MR) is 116 cm³/mol. The number of anilines is 2. The Morgan fingerprint density at radius 1 is 0.967 bits per heavy atom. The van der Waals surface area contributed by atoms with Crippen molar-refractivity contribution >= 4 is 38.1 Å². The molecule has 3 heterocycles. The minimum Gasteiger partial charge on any atom is -0.346 e. The van der Waals surface area contributed by atoms with Gasteiger partial charge in [0.1, 0.15) is 0 Å². The van der Waals surface area contributed by atoms with E-state index < -0.39 is 10.0 Å². The lowest BCUT2D eigenvalue weighted by molar-refractivity contribution is 0.0767. The molecule has 1 aliphatic rings. The number of pyridine rings is 1. The van der Waals surface area contributed by atoms with Gasteiger partial charge in [-0.05, 0) is 42.8 Å². The minimum absolute atomic E-state index is 0.0953. The van der Waals surface area contributed by atoms with E-state index in [-0.39, 0.29) is 10.8 Å². The number of aromatic nitrogens is 2. The molecule has 10 heteroatoms. The van der Waals surface area contributed by atoms with Crippen LogP contribution in [0.3, 0.4) is 0 Å². The monoisotopic (exact) mass is 443 g/mol. The van der Waals surface area contributed by atoms with Gasteiger partial charge in [0, 0.05) is 55.7 Å². The molecule has 2 aromatic heterocycles. The molecule has 1 aliphatic heterocycles. The predicted octanol–water partition coefficient (Wildman–Crippen LogP) is 2.69. The fourth-order valence-electron chi connectivity index (χ4n) is 3.28. The van der Waals surface area contributed by atoms with Crippen LogP contribution >= 0.6 is 11.3 Å². The molecular weight excluding hydrogens is 422 g/mol. The zero-order chi connectivity index (χ0) is 21.0. The fourth-order valence-corrected chi connectivity index (χ4v) is 5.03. The highest BCUT2D eigenvalue weighted by atomic mass is 32.2. The first-order valence-corrected chi connectivity index (χ1v) is 11.9. The number of nitrogens with one attached hydrogen (secondary N) is 1. The lowest BCUT2D eigenvalue weighted by atomic mass is 10.2. The highest BCUT2D eigenvalue weighted by Crippen LogP contribution is 2.20. The first-order chi connectivity index (χ1) is 14.5. The summed E-state index contributed by atoms with van der Waals surface area (Å²) >= 11 is 1.59. The van der Waals surface area contributed by atoms with Crippen LogP contribution in [0.2, 0.25) is 0 Å². The molecule has 0 spiro atoms. The van der Waals surface area contributed by atoms with E-state index in [1.165, 1.54) is 24.5 Å². The van der Waals surface area contributed by atoms with E-state index in [0.29, 0.717) is 24.3 Å².